The third kappa shape index (κ3) is 3.73. The van der Waals surface area contributed by atoms with Crippen LogP contribution in [0.25, 0.3) is 0 Å². The van der Waals surface area contributed by atoms with Crippen molar-refractivity contribution in [3.8, 4) is 5.75 Å². The van der Waals surface area contributed by atoms with Crippen molar-refractivity contribution >= 4 is 12.1 Å². The maximum Gasteiger partial charge on any atom is 0.271 e. The molecular weight excluding hydrogens is 204 g/mol. The van der Waals surface area contributed by atoms with Crippen molar-refractivity contribution in [1.82, 2.24) is 5.43 Å². The number of ether oxygens (including phenoxy) is 1. The fourth-order valence-electron chi connectivity index (χ4n) is 1.05. The summed E-state index contributed by atoms with van der Waals surface area (Å²) in [5.41, 5.74) is 3.01. The van der Waals surface area contributed by atoms with Crippen molar-refractivity contribution in [1.29, 1.82) is 0 Å². The molecule has 0 unspecified atom stereocenters. The number of hydrazone groups is 1. The van der Waals surface area contributed by atoms with E-state index in [1.165, 1.54) is 0 Å². The summed E-state index contributed by atoms with van der Waals surface area (Å²) in [6.45, 7) is 3.98. The van der Waals surface area contributed by atoms with Crippen molar-refractivity contribution in [2.45, 2.75) is 13.8 Å². The normalized spacial score (nSPS) is 10.8. The fourth-order valence-corrected chi connectivity index (χ4v) is 1.05. The Labute approximate surface area is 95.3 Å². The first kappa shape index (κ1) is 12.2. The second kappa shape index (κ2) is 5.90. The van der Waals surface area contributed by atoms with Crippen LogP contribution in [0.1, 0.15) is 24.2 Å². The van der Waals surface area contributed by atoms with E-state index in [4.69, 9.17) is 4.74 Å². The Bertz CT molecular complexity index is 369. The van der Waals surface area contributed by atoms with Crippen molar-refractivity contribution in [3.63, 3.8) is 0 Å². The number of rotatable bonds is 4. The maximum atomic E-state index is 11.6. The van der Waals surface area contributed by atoms with Gasteiger partial charge in [0.2, 0.25) is 0 Å². The highest BCUT2D eigenvalue weighted by molar-refractivity contribution is 5.94. The molecule has 4 nitrogen and oxygen atoms in total. The minimum atomic E-state index is -0.223. The van der Waals surface area contributed by atoms with Crippen LogP contribution in [0.3, 0.4) is 0 Å². The van der Waals surface area contributed by atoms with Gasteiger partial charge < -0.3 is 4.74 Å². The number of benzene rings is 1. The molecule has 0 atom stereocenters. The van der Waals surface area contributed by atoms with Gasteiger partial charge in [-0.3, -0.25) is 4.79 Å². The van der Waals surface area contributed by atoms with Gasteiger partial charge in [-0.15, -0.1) is 0 Å². The average molecular weight is 220 g/mol. The highest BCUT2D eigenvalue weighted by Gasteiger charge is 2.03. The zero-order valence-electron chi connectivity index (χ0n) is 9.73. The van der Waals surface area contributed by atoms with Crippen molar-refractivity contribution in [2.24, 2.45) is 11.0 Å². The van der Waals surface area contributed by atoms with Gasteiger partial charge in [0.15, 0.2) is 0 Å². The summed E-state index contributed by atoms with van der Waals surface area (Å²) in [4.78, 5) is 11.6. The number of methoxy groups -OCH3 is 1. The molecule has 0 aromatic heterocycles. The predicted octanol–water partition coefficient (Wildman–Crippen LogP) is 2.07. The summed E-state index contributed by atoms with van der Waals surface area (Å²) in [5, 5.41) is 3.83. The molecule has 0 fully saturated rings. The zero-order valence-corrected chi connectivity index (χ0v) is 9.73. The molecule has 16 heavy (non-hydrogen) atoms. The molecule has 1 aromatic rings. The zero-order chi connectivity index (χ0) is 12.0. The van der Waals surface area contributed by atoms with Gasteiger partial charge in [-0.2, -0.15) is 5.10 Å². The van der Waals surface area contributed by atoms with E-state index in [9.17, 15) is 4.79 Å². The van der Waals surface area contributed by atoms with Gasteiger partial charge in [0.05, 0.1) is 7.11 Å². The number of amides is 1. The van der Waals surface area contributed by atoms with E-state index in [0.29, 0.717) is 11.5 Å². The summed E-state index contributed by atoms with van der Waals surface area (Å²) in [7, 11) is 1.59. The Morgan fingerprint density at radius 3 is 2.50 bits per heavy atom. The number of nitrogens with one attached hydrogen (secondary N) is 1. The highest BCUT2D eigenvalue weighted by atomic mass is 16.5. The van der Waals surface area contributed by atoms with E-state index in [1.807, 2.05) is 13.8 Å². The Hall–Kier alpha value is -1.84. The van der Waals surface area contributed by atoms with Gasteiger partial charge in [0.25, 0.3) is 5.91 Å². The van der Waals surface area contributed by atoms with Crippen LogP contribution in [0.15, 0.2) is 29.4 Å². The minimum absolute atomic E-state index is 0.223. The molecule has 1 N–H and O–H groups in total. The van der Waals surface area contributed by atoms with Crippen molar-refractivity contribution < 1.29 is 9.53 Å². The van der Waals surface area contributed by atoms with Crippen LogP contribution in [-0.2, 0) is 0 Å². The van der Waals surface area contributed by atoms with Gasteiger partial charge in [-0.05, 0) is 30.2 Å². The van der Waals surface area contributed by atoms with Crippen LogP contribution < -0.4 is 10.2 Å². The Morgan fingerprint density at radius 2 is 2.00 bits per heavy atom. The average Bonchev–Trinajstić information content (AvgIpc) is 2.28. The van der Waals surface area contributed by atoms with Crippen molar-refractivity contribution in [2.75, 3.05) is 7.11 Å². The molecular formula is C12H16N2O2. The van der Waals surface area contributed by atoms with Gasteiger partial charge >= 0.3 is 0 Å². The molecule has 0 bridgehead atoms. The molecule has 1 aromatic carbocycles. The molecule has 0 saturated heterocycles. The molecule has 86 valence electrons. The first-order chi connectivity index (χ1) is 7.63. The summed E-state index contributed by atoms with van der Waals surface area (Å²) in [6, 6.07) is 6.86. The lowest BCUT2D eigenvalue weighted by molar-refractivity contribution is 0.0955. The smallest absolute Gasteiger partial charge is 0.271 e. The monoisotopic (exact) mass is 220 g/mol. The molecule has 0 spiro atoms. The van der Waals surface area contributed by atoms with Gasteiger partial charge in [0.1, 0.15) is 5.75 Å². The number of nitrogens with zero attached hydrogens (tertiary/aromatic N) is 1. The van der Waals surface area contributed by atoms with Crippen LogP contribution in [0, 0.1) is 5.92 Å². The van der Waals surface area contributed by atoms with E-state index in [1.54, 1.807) is 37.6 Å². The second-order valence-corrected chi connectivity index (χ2v) is 3.69. The largest absolute Gasteiger partial charge is 0.497 e. The van der Waals surface area contributed by atoms with Crippen LogP contribution >= 0.6 is 0 Å². The number of hydrogen-bond donors (Lipinski definition) is 1. The summed E-state index contributed by atoms with van der Waals surface area (Å²) in [6.07, 6.45) is 1.68. The summed E-state index contributed by atoms with van der Waals surface area (Å²) < 4.78 is 5.00. The number of carbonyl (C=O) groups is 1. The fraction of sp³-hybridized carbons (Fsp3) is 0.333. The molecule has 0 aliphatic carbocycles. The first-order valence-electron chi connectivity index (χ1n) is 5.11. The lowest BCUT2D eigenvalue weighted by Crippen LogP contribution is -2.17. The summed E-state index contributed by atoms with van der Waals surface area (Å²) >= 11 is 0. The molecule has 0 radical (unpaired) electrons. The molecule has 0 aliphatic rings. The Kier molecular flexibility index (Phi) is 4.51. The lowest BCUT2D eigenvalue weighted by Gasteiger charge is -2.02. The first-order valence-corrected chi connectivity index (χ1v) is 5.11. The van der Waals surface area contributed by atoms with Gasteiger partial charge in [-0.1, -0.05) is 13.8 Å². The molecule has 0 heterocycles. The highest BCUT2D eigenvalue weighted by Crippen LogP contribution is 2.10. The quantitative estimate of drug-likeness (QED) is 0.623. The lowest BCUT2D eigenvalue weighted by atomic mass is 10.2. The second-order valence-electron chi connectivity index (χ2n) is 3.69. The Morgan fingerprint density at radius 1 is 1.38 bits per heavy atom. The topological polar surface area (TPSA) is 50.7 Å². The standard InChI is InChI=1S/C12H16N2O2/c1-9(2)8-13-14-12(15)10-4-6-11(16-3)7-5-10/h4-9H,1-3H3,(H,14,15)/b13-8-. The molecule has 0 saturated carbocycles. The van der Waals surface area contributed by atoms with Gasteiger partial charge in [0, 0.05) is 11.8 Å². The molecule has 1 amide bonds. The third-order valence-corrected chi connectivity index (χ3v) is 1.89. The van der Waals surface area contributed by atoms with E-state index >= 15 is 0 Å². The maximum absolute atomic E-state index is 11.6. The predicted molar refractivity (Wildman–Crippen MR) is 63.8 cm³/mol. The number of carbonyl (C=O) groups excluding carboxylic acids is 1. The number of hydrogen-bond acceptors (Lipinski definition) is 3. The van der Waals surface area contributed by atoms with E-state index in [0.717, 1.165) is 5.75 Å². The van der Waals surface area contributed by atoms with E-state index in [2.05, 4.69) is 10.5 Å². The van der Waals surface area contributed by atoms with Crippen molar-refractivity contribution in [3.05, 3.63) is 29.8 Å². The van der Waals surface area contributed by atoms with Crippen LogP contribution in [-0.4, -0.2) is 19.2 Å². The van der Waals surface area contributed by atoms with Crippen LogP contribution in [0.4, 0.5) is 0 Å². The van der Waals surface area contributed by atoms with Crippen LogP contribution in [0.5, 0.6) is 5.75 Å². The summed E-state index contributed by atoms with van der Waals surface area (Å²) in [5.74, 6) is 0.818. The molecule has 0 aliphatic heterocycles. The molecule has 1 rings (SSSR count). The van der Waals surface area contributed by atoms with E-state index < -0.39 is 0 Å². The van der Waals surface area contributed by atoms with E-state index in [-0.39, 0.29) is 5.91 Å². The SMILES string of the molecule is COc1ccc(C(=O)N/N=C\C(C)C)cc1. The van der Waals surface area contributed by atoms with Crippen LogP contribution in [0.2, 0.25) is 0 Å². The molecule has 4 heteroatoms. The van der Waals surface area contributed by atoms with Gasteiger partial charge in [-0.25, -0.2) is 5.43 Å². The Balaban J connectivity index is 2.59. The minimum Gasteiger partial charge on any atom is -0.497 e. The third-order valence-electron chi connectivity index (χ3n) is 1.89.